The van der Waals surface area contributed by atoms with Crippen LogP contribution in [-0.4, -0.2) is 26.5 Å². The number of hydrogen-bond donors (Lipinski definition) is 0. The van der Waals surface area contributed by atoms with E-state index in [1.807, 2.05) is 13.8 Å². The van der Waals surface area contributed by atoms with Gasteiger partial charge in [0.05, 0.1) is 25.1 Å². The van der Waals surface area contributed by atoms with E-state index in [4.69, 9.17) is 4.74 Å². The minimum absolute atomic E-state index is 0.0454. The van der Waals surface area contributed by atoms with Crippen molar-refractivity contribution in [3.8, 4) is 0 Å². The lowest BCUT2D eigenvalue weighted by Gasteiger charge is -2.25. The summed E-state index contributed by atoms with van der Waals surface area (Å²) >= 11 is 0. The van der Waals surface area contributed by atoms with E-state index in [9.17, 15) is 9.59 Å². The fraction of sp³-hybridized carbons (Fsp3) is 0.333. The van der Waals surface area contributed by atoms with Crippen molar-refractivity contribution >= 4 is 18.1 Å². The molecular formula is C15H18NO3+. The van der Waals surface area contributed by atoms with Gasteiger partial charge in [-0.3, -0.25) is 0 Å². The van der Waals surface area contributed by atoms with Crippen molar-refractivity contribution in [3.05, 3.63) is 41.6 Å². The summed E-state index contributed by atoms with van der Waals surface area (Å²) in [4.78, 5) is 23.1. The van der Waals surface area contributed by atoms with Gasteiger partial charge in [0.2, 0.25) is 0 Å². The first-order valence-electron chi connectivity index (χ1n) is 6.05. The van der Waals surface area contributed by atoms with Crippen LogP contribution in [0.3, 0.4) is 0 Å². The van der Waals surface area contributed by atoms with Crippen LogP contribution in [0, 0.1) is 0 Å². The highest BCUT2D eigenvalue weighted by atomic mass is 16.5. The molecule has 100 valence electrons. The Kier molecular flexibility index (Phi) is 2.86. The Morgan fingerprint density at radius 1 is 1.42 bits per heavy atom. The molecule has 2 rings (SSSR count). The number of amides is 1. The number of ether oxygens (including phenoxy) is 1. The topological polar surface area (TPSA) is 43.4 Å². The maximum Gasteiger partial charge on any atom is 0.337 e. The second kappa shape index (κ2) is 4.03. The molecule has 1 aliphatic rings. The van der Waals surface area contributed by atoms with Crippen LogP contribution in [0.5, 0.6) is 0 Å². The molecule has 1 unspecified atom stereocenters. The summed E-state index contributed by atoms with van der Waals surface area (Å²) in [6, 6.07) is 5.27. The Bertz CT molecular complexity index is 589. The Morgan fingerprint density at radius 3 is 2.58 bits per heavy atom. The Balaban J connectivity index is 2.70. The third kappa shape index (κ3) is 1.64. The number of fused-ring (bicyclic) bond motifs is 1. The highest BCUT2D eigenvalue weighted by Crippen LogP contribution is 2.50. The van der Waals surface area contributed by atoms with E-state index in [0.29, 0.717) is 5.56 Å². The number of hydrogen-bond acceptors (Lipinski definition) is 3. The predicted octanol–water partition coefficient (Wildman–Crippen LogP) is 2.37. The minimum atomic E-state index is -0.378. The number of carbonyl (C=O) groups is 2. The number of methoxy groups -OCH3 is 1. The molecule has 1 heterocycles. The van der Waals surface area contributed by atoms with Gasteiger partial charge < -0.3 is 4.74 Å². The summed E-state index contributed by atoms with van der Waals surface area (Å²) in [6.45, 7) is 8.07. The van der Waals surface area contributed by atoms with Crippen molar-refractivity contribution in [2.45, 2.75) is 19.3 Å². The first-order valence-corrected chi connectivity index (χ1v) is 6.05. The van der Waals surface area contributed by atoms with Crippen molar-refractivity contribution in [1.29, 1.82) is 0 Å². The molecule has 1 amide bonds. The van der Waals surface area contributed by atoms with E-state index < -0.39 is 0 Å². The average Bonchev–Trinajstić information content (AvgIpc) is 2.57. The van der Waals surface area contributed by atoms with Crippen LogP contribution >= 0.6 is 0 Å². The van der Waals surface area contributed by atoms with Gasteiger partial charge >= 0.3 is 12.4 Å². The molecule has 1 aliphatic heterocycles. The fourth-order valence-corrected chi connectivity index (χ4v) is 2.69. The van der Waals surface area contributed by atoms with E-state index in [2.05, 4.69) is 6.58 Å². The SMILES string of the molecule is C=C1C(C)(C)c2cc(C(=O)OC)ccc2[N+]1(C)C=O. The molecule has 0 bridgehead atoms. The van der Waals surface area contributed by atoms with Crippen LogP contribution in [-0.2, 0) is 14.9 Å². The number of esters is 1. The number of allylic oxidation sites excluding steroid dienone is 1. The monoisotopic (exact) mass is 260 g/mol. The van der Waals surface area contributed by atoms with E-state index in [1.165, 1.54) is 7.11 Å². The van der Waals surface area contributed by atoms with Gasteiger partial charge in [0, 0.05) is 11.6 Å². The summed E-state index contributed by atoms with van der Waals surface area (Å²) in [5, 5.41) is 0. The molecule has 0 N–H and O–H groups in total. The number of likely N-dealkylation sites (N-methyl/N-ethyl adjacent to an activating group) is 1. The number of quaternary nitrogens is 1. The van der Waals surface area contributed by atoms with Gasteiger partial charge in [0.15, 0.2) is 0 Å². The van der Waals surface area contributed by atoms with Crippen LogP contribution in [0.4, 0.5) is 5.69 Å². The van der Waals surface area contributed by atoms with Gasteiger partial charge in [0.1, 0.15) is 11.4 Å². The summed E-state index contributed by atoms with van der Waals surface area (Å²) in [6.07, 6.45) is 0.869. The lowest BCUT2D eigenvalue weighted by atomic mass is 9.84. The molecule has 1 aromatic carbocycles. The van der Waals surface area contributed by atoms with Crippen molar-refractivity contribution in [3.63, 3.8) is 0 Å². The minimum Gasteiger partial charge on any atom is -0.465 e. The maximum absolute atomic E-state index is 11.6. The first kappa shape index (κ1) is 13.5. The van der Waals surface area contributed by atoms with Crippen LogP contribution in [0.1, 0.15) is 29.8 Å². The number of nitrogens with zero attached hydrogens (tertiary/aromatic N) is 1. The van der Waals surface area contributed by atoms with Crippen LogP contribution in [0.15, 0.2) is 30.5 Å². The zero-order chi connectivity index (χ0) is 14.4. The van der Waals surface area contributed by atoms with Crippen LogP contribution < -0.4 is 4.48 Å². The van der Waals surface area contributed by atoms with Crippen molar-refractivity contribution in [2.75, 3.05) is 14.2 Å². The molecule has 0 radical (unpaired) electrons. The Labute approximate surface area is 112 Å². The van der Waals surface area contributed by atoms with Crippen LogP contribution in [0.2, 0.25) is 0 Å². The van der Waals surface area contributed by atoms with E-state index >= 15 is 0 Å². The summed E-state index contributed by atoms with van der Waals surface area (Å²) in [5.41, 5.74) is 2.71. The lowest BCUT2D eigenvalue weighted by Crippen LogP contribution is -2.42. The summed E-state index contributed by atoms with van der Waals surface area (Å²) in [7, 11) is 3.16. The maximum atomic E-state index is 11.6. The Morgan fingerprint density at radius 2 is 2.05 bits per heavy atom. The second-order valence-electron chi connectivity index (χ2n) is 5.48. The second-order valence-corrected chi connectivity index (χ2v) is 5.48. The quantitative estimate of drug-likeness (QED) is 0.466. The van der Waals surface area contributed by atoms with Crippen molar-refractivity contribution in [1.82, 2.24) is 4.48 Å². The van der Waals surface area contributed by atoms with Gasteiger partial charge in [-0.25, -0.2) is 14.1 Å². The normalized spacial score (nSPS) is 23.9. The standard InChI is InChI=1S/C15H18NO3/c1-10-15(2,3)12-8-11(14(18)19-5)6-7-13(12)16(10,4)9-17/h6-9H,1H2,2-5H3/q+1. The van der Waals surface area contributed by atoms with Gasteiger partial charge in [-0.15, -0.1) is 0 Å². The summed E-state index contributed by atoms with van der Waals surface area (Å²) in [5.74, 6) is -0.378. The molecule has 19 heavy (non-hydrogen) atoms. The zero-order valence-corrected chi connectivity index (χ0v) is 11.7. The highest BCUT2D eigenvalue weighted by molar-refractivity contribution is 5.92. The van der Waals surface area contributed by atoms with Gasteiger partial charge in [0.25, 0.3) is 0 Å². The molecule has 1 aromatic rings. The zero-order valence-electron chi connectivity index (χ0n) is 11.7. The molecule has 0 saturated carbocycles. The molecular weight excluding hydrogens is 242 g/mol. The van der Waals surface area contributed by atoms with Gasteiger partial charge in [-0.1, -0.05) is 0 Å². The van der Waals surface area contributed by atoms with E-state index in [-0.39, 0.29) is 15.9 Å². The largest absolute Gasteiger partial charge is 0.465 e. The van der Waals surface area contributed by atoms with Gasteiger partial charge in [-0.2, -0.15) is 0 Å². The molecule has 0 fully saturated rings. The van der Waals surface area contributed by atoms with E-state index in [0.717, 1.165) is 23.4 Å². The van der Waals surface area contributed by atoms with E-state index in [1.54, 1.807) is 25.2 Å². The first-order chi connectivity index (χ1) is 8.79. The summed E-state index contributed by atoms with van der Waals surface area (Å²) < 4.78 is 4.78. The number of carbonyl (C=O) groups excluding carboxylic acids is 2. The third-order valence-corrected chi connectivity index (χ3v) is 4.08. The molecule has 4 nitrogen and oxygen atoms in total. The van der Waals surface area contributed by atoms with Crippen molar-refractivity contribution < 1.29 is 14.3 Å². The number of rotatable bonds is 2. The average molecular weight is 260 g/mol. The lowest BCUT2D eigenvalue weighted by molar-refractivity contribution is -0.115. The number of benzene rings is 1. The van der Waals surface area contributed by atoms with Gasteiger partial charge in [-0.05, 0) is 32.6 Å². The molecule has 0 aromatic heterocycles. The Hall–Kier alpha value is -1.94. The molecule has 0 spiro atoms. The predicted molar refractivity (Wildman–Crippen MR) is 73.7 cm³/mol. The van der Waals surface area contributed by atoms with Crippen molar-refractivity contribution in [2.24, 2.45) is 0 Å². The molecule has 0 saturated heterocycles. The third-order valence-electron chi connectivity index (χ3n) is 4.08. The molecule has 1 atom stereocenters. The van der Waals surface area contributed by atoms with Crippen LogP contribution in [0.25, 0.3) is 0 Å². The highest BCUT2D eigenvalue weighted by Gasteiger charge is 2.51. The molecule has 4 heteroatoms. The molecule has 0 aliphatic carbocycles. The smallest absolute Gasteiger partial charge is 0.337 e. The fourth-order valence-electron chi connectivity index (χ4n) is 2.69.